The first-order chi connectivity index (χ1) is 15.6. The van der Waals surface area contributed by atoms with Crippen LogP contribution in [0.1, 0.15) is 36.7 Å². The van der Waals surface area contributed by atoms with Crippen LogP contribution in [0.3, 0.4) is 0 Å². The van der Waals surface area contributed by atoms with Crippen molar-refractivity contribution < 1.29 is 23.7 Å². The number of ether oxygens (including phenoxy) is 4. The summed E-state index contributed by atoms with van der Waals surface area (Å²) in [5.74, 6) is 2.25. The minimum Gasteiger partial charge on any atom is -0.493 e. The largest absolute Gasteiger partial charge is 0.493 e. The van der Waals surface area contributed by atoms with E-state index in [9.17, 15) is 4.79 Å². The van der Waals surface area contributed by atoms with Gasteiger partial charge in [0, 0.05) is 26.9 Å². The summed E-state index contributed by atoms with van der Waals surface area (Å²) in [6, 6.07) is 5.68. The van der Waals surface area contributed by atoms with Crippen molar-refractivity contribution in [2.45, 2.75) is 38.3 Å². The van der Waals surface area contributed by atoms with Crippen molar-refractivity contribution in [3.8, 4) is 11.5 Å². The van der Waals surface area contributed by atoms with Gasteiger partial charge in [-0.25, -0.2) is 4.68 Å². The van der Waals surface area contributed by atoms with Crippen molar-refractivity contribution in [2.75, 3.05) is 47.7 Å². The van der Waals surface area contributed by atoms with Crippen molar-refractivity contribution in [3.63, 3.8) is 0 Å². The molecule has 32 heavy (non-hydrogen) atoms. The molecular weight excluding hydrogens is 414 g/mol. The molecule has 1 spiro atoms. The molecular formula is C22H31N5O5. The Labute approximate surface area is 187 Å². The molecule has 2 aliphatic heterocycles. The topological polar surface area (TPSA) is 101 Å². The van der Waals surface area contributed by atoms with Gasteiger partial charge >= 0.3 is 0 Å². The highest BCUT2D eigenvalue weighted by atomic mass is 16.5. The third-order valence-electron chi connectivity index (χ3n) is 6.58. The molecule has 1 atom stereocenters. The van der Waals surface area contributed by atoms with Crippen LogP contribution in [-0.4, -0.2) is 78.7 Å². The molecule has 174 valence electrons. The summed E-state index contributed by atoms with van der Waals surface area (Å²) in [5.41, 5.74) is 0.666. The zero-order valence-corrected chi connectivity index (χ0v) is 19.0. The second-order valence-electron chi connectivity index (χ2n) is 8.30. The van der Waals surface area contributed by atoms with E-state index in [0.29, 0.717) is 63.1 Å². The summed E-state index contributed by atoms with van der Waals surface area (Å²) in [7, 11) is 4.89. The Balaban J connectivity index is 1.58. The molecule has 3 heterocycles. The standard InChI is InChI=1S/C22H31N5O5/c1-29-13-10-27-20(23-24-25-27)17-15-22(7-11-32-12-8-22)21(28)26(17)9-6-16-4-5-18(30-2)19(14-16)31-3/h4-5,14,17H,6-13,15H2,1-3H3. The number of rotatable bonds is 9. The fourth-order valence-corrected chi connectivity index (χ4v) is 4.75. The lowest BCUT2D eigenvalue weighted by atomic mass is 9.77. The molecule has 0 radical (unpaired) electrons. The molecule has 0 bridgehead atoms. The van der Waals surface area contributed by atoms with E-state index in [0.717, 1.165) is 18.4 Å². The van der Waals surface area contributed by atoms with E-state index in [1.165, 1.54) is 0 Å². The highest BCUT2D eigenvalue weighted by molar-refractivity contribution is 5.85. The van der Waals surface area contributed by atoms with Gasteiger partial charge in [-0.15, -0.1) is 5.10 Å². The van der Waals surface area contributed by atoms with Crippen molar-refractivity contribution in [3.05, 3.63) is 29.6 Å². The smallest absolute Gasteiger partial charge is 0.229 e. The van der Waals surface area contributed by atoms with Gasteiger partial charge in [0.05, 0.1) is 38.8 Å². The average Bonchev–Trinajstić information content (AvgIpc) is 3.39. The maximum atomic E-state index is 13.7. The number of nitrogens with zero attached hydrogens (tertiary/aromatic N) is 5. The van der Waals surface area contributed by atoms with Crippen molar-refractivity contribution in [1.29, 1.82) is 0 Å². The summed E-state index contributed by atoms with van der Waals surface area (Å²) in [5, 5.41) is 12.3. The predicted molar refractivity (Wildman–Crippen MR) is 115 cm³/mol. The number of carbonyl (C=O) groups is 1. The number of hydrogen-bond acceptors (Lipinski definition) is 8. The van der Waals surface area contributed by atoms with E-state index in [4.69, 9.17) is 18.9 Å². The number of likely N-dealkylation sites (tertiary alicyclic amines) is 1. The van der Waals surface area contributed by atoms with Crippen LogP contribution in [-0.2, 0) is 27.2 Å². The Morgan fingerprint density at radius 1 is 1.12 bits per heavy atom. The van der Waals surface area contributed by atoms with Crippen LogP contribution in [0.15, 0.2) is 18.2 Å². The minimum atomic E-state index is -0.404. The molecule has 0 aliphatic carbocycles. The SMILES string of the molecule is COCCn1nnnc1C1CC2(CCOCC2)C(=O)N1CCc1ccc(OC)c(OC)c1. The molecule has 10 heteroatoms. The molecule has 0 N–H and O–H groups in total. The fraction of sp³-hybridized carbons (Fsp3) is 0.636. The van der Waals surface area contributed by atoms with E-state index < -0.39 is 5.41 Å². The second-order valence-corrected chi connectivity index (χ2v) is 8.30. The number of carbonyl (C=O) groups excluding carboxylic acids is 1. The van der Waals surface area contributed by atoms with Crippen LogP contribution in [0.5, 0.6) is 11.5 Å². The van der Waals surface area contributed by atoms with Gasteiger partial charge in [0.25, 0.3) is 0 Å². The molecule has 10 nitrogen and oxygen atoms in total. The Kier molecular flexibility index (Phi) is 6.90. The molecule has 2 saturated heterocycles. The first kappa shape index (κ1) is 22.5. The highest BCUT2D eigenvalue weighted by Gasteiger charge is 2.53. The van der Waals surface area contributed by atoms with Gasteiger partial charge in [-0.1, -0.05) is 6.07 Å². The van der Waals surface area contributed by atoms with Crippen LogP contribution < -0.4 is 9.47 Å². The van der Waals surface area contributed by atoms with Crippen molar-refractivity contribution >= 4 is 5.91 Å². The Morgan fingerprint density at radius 3 is 2.62 bits per heavy atom. The van der Waals surface area contributed by atoms with Gasteiger partial charge in [0.1, 0.15) is 0 Å². The average molecular weight is 446 g/mol. The molecule has 2 aliphatic rings. The maximum Gasteiger partial charge on any atom is 0.229 e. The highest BCUT2D eigenvalue weighted by Crippen LogP contribution is 2.49. The van der Waals surface area contributed by atoms with Gasteiger partial charge in [-0.2, -0.15) is 0 Å². The van der Waals surface area contributed by atoms with E-state index in [1.54, 1.807) is 26.0 Å². The van der Waals surface area contributed by atoms with Crippen LogP contribution in [0.4, 0.5) is 0 Å². The lowest BCUT2D eigenvalue weighted by molar-refractivity contribution is -0.141. The van der Waals surface area contributed by atoms with Crippen LogP contribution >= 0.6 is 0 Å². The molecule has 0 saturated carbocycles. The molecule has 1 aromatic heterocycles. The molecule has 1 unspecified atom stereocenters. The Bertz CT molecular complexity index is 927. The molecule has 2 fully saturated rings. The summed E-state index contributed by atoms with van der Waals surface area (Å²) in [6.45, 7) is 2.83. The fourth-order valence-electron chi connectivity index (χ4n) is 4.75. The third-order valence-corrected chi connectivity index (χ3v) is 6.58. The quantitative estimate of drug-likeness (QED) is 0.574. The van der Waals surface area contributed by atoms with Crippen LogP contribution in [0.2, 0.25) is 0 Å². The van der Waals surface area contributed by atoms with Gasteiger partial charge in [-0.05, 0) is 53.8 Å². The Hall–Kier alpha value is -2.72. The number of methoxy groups -OCH3 is 3. The lowest BCUT2D eigenvalue weighted by Gasteiger charge is -2.31. The van der Waals surface area contributed by atoms with Crippen molar-refractivity contribution in [2.24, 2.45) is 5.41 Å². The monoisotopic (exact) mass is 445 g/mol. The number of benzene rings is 1. The summed E-state index contributed by atoms with van der Waals surface area (Å²) < 4.78 is 23.3. The molecule has 1 aromatic carbocycles. The zero-order valence-electron chi connectivity index (χ0n) is 19.0. The van der Waals surface area contributed by atoms with Crippen molar-refractivity contribution in [1.82, 2.24) is 25.1 Å². The van der Waals surface area contributed by atoms with Gasteiger partial charge < -0.3 is 23.8 Å². The number of aromatic nitrogens is 4. The minimum absolute atomic E-state index is 0.174. The van der Waals surface area contributed by atoms with Gasteiger partial charge in [0.15, 0.2) is 17.3 Å². The van der Waals surface area contributed by atoms with E-state index in [2.05, 4.69) is 15.5 Å². The van der Waals surface area contributed by atoms with Crippen LogP contribution in [0, 0.1) is 5.41 Å². The summed E-state index contributed by atoms with van der Waals surface area (Å²) >= 11 is 0. The van der Waals surface area contributed by atoms with Gasteiger partial charge in [0.2, 0.25) is 5.91 Å². The van der Waals surface area contributed by atoms with E-state index >= 15 is 0 Å². The number of tetrazole rings is 1. The third kappa shape index (κ3) is 4.29. The predicted octanol–water partition coefficient (Wildman–Crippen LogP) is 1.65. The molecule has 1 amide bonds. The number of amides is 1. The van der Waals surface area contributed by atoms with E-state index in [-0.39, 0.29) is 11.9 Å². The molecule has 2 aromatic rings. The Morgan fingerprint density at radius 2 is 1.91 bits per heavy atom. The lowest BCUT2D eigenvalue weighted by Crippen LogP contribution is -2.39. The second kappa shape index (κ2) is 9.83. The number of hydrogen-bond donors (Lipinski definition) is 0. The molecule has 4 rings (SSSR count). The zero-order chi connectivity index (χ0) is 22.6. The maximum absolute atomic E-state index is 13.7. The first-order valence-corrected chi connectivity index (χ1v) is 11.0. The van der Waals surface area contributed by atoms with Crippen LogP contribution in [0.25, 0.3) is 0 Å². The summed E-state index contributed by atoms with van der Waals surface area (Å²) in [4.78, 5) is 15.6. The summed E-state index contributed by atoms with van der Waals surface area (Å²) in [6.07, 6.45) is 2.85. The van der Waals surface area contributed by atoms with Gasteiger partial charge in [-0.3, -0.25) is 4.79 Å². The van der Waals surface area contributed by atoms with E-state index in [1.807, 2.05) is 23.1 Å². The first-order valence-electron chi connectivity index (χ1n) is 11.0. The normalized spacial score (nSPS) is 20.2.